The molecule has 0 spiro atoms. The third-order valence-corrected chi connectivity index (χ3v) is 5.42. The summed E-state index contributed by atoms with van der Waals surface area (Å²) in [4.78, 5) is 14.6. The Morgan fingerprint density at radius 2 is 2.12 bits per heavy atom. The molecule has 2 heterocycles. The van der Waals surface area contributed by atoms with Gasteiger partial charge in [0.1, 0.15) is 0 Å². The molecule has 0 aliphatic carbocycles. The molecule has 2 fully saturated rings. The summed E-state index contributed by atoms with van der Waals surface area (Å²) in [7, 11) is 0. The van der Waals surface area contributed by atoms with Crippen molar-refractivity contribution in [2.24, 2.45) is 5.92 Å². The van der Waals surface area contributed by atoms with Crippen molar-refractivity contribution in [3.63, 3.8) is 0 Å². The van der Waals surface area contributed by atoms with Crippen LogP contribution < -0.4 is 5.32 Å². The van der Waals surface area contributed by atoms with Gasteiger partial charge in [-0.15, -0.1) is 0 Å². The number of hydrogen-bond acceptors (Lipinski definition) is 3. The van der Waals surface area contributed by atoms with Crippen molar-refractivity contribution in [3.05, 3.63) is 34.9 Å². The Morgan fingerprint density at radius 3 is 2.83 bits per heavy atom. The van der Waals surface area contributed by atoms with E-state index in [2.05, 4.69) is 10.2 Å². The summed E-state index contributed by atoms with van der Waals surface area (Å²) in [6, 6.07) is 8.35. The van der Waals surface area contributed by atoms with E-state index in [1.807, 2.05) is 24.3 Å². The number of amides is 1. The van der Waals surface area contributed by atoms with Gasteiger partial charge in [0.2, 0.25) is 5.91 Å². The second kappa shape index (κ2) is 8.84. The van der Waals surface area contributed by atoms with Crippen molar-refractivity contribution in [1.82, 2.24) is 10.2 Å². The van der Waals surface area contributed by atoms with Crippen LogP contribution in [0.5, 0.6) is 0 Å². The quantitative estimate of drug-likeness (QED) is 0.857. The zero-order chi connectivity index (χ0) is 16.8. The first-order valence-corrected chi connectivity index (χ1v) is 9.41. The Bertz CT molecular complexity index is 538. The summed E-state index contributed by atoms with van der Waals surface area (Å²) in [6.45, 7) is 4.88. The van der Waals surface area contributed by atoms with Gasteiger partial charge in [0, 0.05) is 30.6 Å². The molecule has 1 N–H and O–H groups in total. The summed E-state index contributed by atoms with van der Waals surface area (Å²) < 4.78 is 5.48. The van der Waals surface area contributed by atoms with E-state index in [4.69, 9.17) is 16.3 Å². The normalized spacial score (nSPS) is 22.6. The first-order valence-electron chi connectivity index (χ1n) is 9.03. The van der Waals surface area contributed by atoms with Gasteiger partial charge in [-0.25, -0.2) is 0 Å². The van der Waals surface area contributed by atoms with Gasteiger partial charge in [-0.3, -0.25) is 9.69 Å². The zero-order valence-electron chi connectivity index (χ0n) is 14.2. The molecule has 1 aromatic rings. The number of carbonyl (C=O) groups excluding carboxylic acids is 1. The second-order valence-electron chi connectivity index (χ2n) is 6.93. The van der Waals surface area contributed by atoms with E-state index in [1.165, 1.54) is 19.3 Å². The van der Waals surface area contributed by atoms with E-state index in [-0.39, 0.29) is 5.91 Å². The van der Waals surface area contributed by atoms with Crippen molar-refractivity contribution in [3.8, 4) is 0 Å². The molecule has 3 rings (SSSR count). The number of carbonyl (C=O) groups is 1. The molecule has 1 amide bonds. The summed E-state index contributed by atoms with van der Waals surface area (Å²) in [5, 5.41) is 3.84. The summed E-state index contributed by atoms with van der Waals surface area (Å²) in [6.07, 6.45) is 4.78. The van der Waals surface area contributed by atoms with Crippen molar-refractivity contribution in [2.45, 2.75) is 38.1 Å². The molecule has 2 aliphatic heterocycles. The lowest BCUT2D eigenvalue weighted by Gasteiger charge is -2.35. The van der Waals surface area contributed by atoms with Crippen LogP contribution >= 0.6 is 11.6 Å². The van der Waals surface area contributed by atoms with E-state index >= 15 is 0 Å². The highest BCUT2D eigenvalue weighted by Crippen LogP contribution is 2.22. The maximum absolute atomic E-state index is 12.0. The van der Waals surface area contributed by atoms with Gasteiger partial charge in [0.15, 0.2) is 0 Å². The Labute approximate surface area is 149 Å². The number of ether oxygens (including phenoxy) is 1. The average Bonchev–Trinajstić information content (AvgIpc) is 3.13. The first kappa shape index (κ1) is 17.7. The van der Waals surface area contributed by atoms with Crippen LogP contribution in [0.3, 0.4) is 0 Å². The monoisotopic (exact) mass is 350 g/mol. The smallest absolute Gasteiger partial charge is 0.220 e. The van der Waals surface area contributed by atoms with Crippen molar-refractivity contribution >= 4 is 17.5 Å². The lowest BCUT2D eigenvalue weighted by atomic mass is 9.95. The van der Waals surface area contributed by atoms with Gasteiger partial charge in [0.25, 0.3) is 0 Å². The zero-order valence-corrected chi connectivity index (χ0v) is 14.9. The molecule has 0 radical (unpaired) electrons. The molecule has 132 valence electrons. The van der Waals surface area contributed by atoms with E-state index in [1.54, 1.807) is 0 Å². The number of aryl methyl sites for hydroxylation is 1. The van der Waals surface area contributed by atoms with Crippen molar-refractivity contribution < 1.29 is 9.53 Å². The molecular weight excluding hydrogens is 324 g/mol. The fourth-order valence-corrected chi connectivity index (χ4v) is 3.84. The fourth-order valence-electron chi connectivity index (χ4n) is 3.63. The lowest BCUT2D eigenvalue weighted by Crippen LogP contribution is -2.44. The number of nitrogens with zero attached hydrogens (tertiary/aromatic N) is 1. The predicted octanol–water partition coefficient (Wildman–Crippen LogP) is 2.89. The number of hydrogen-bond donors (Lipinski definition) is 1. The number of halogens is 1. The van der Waals surface area contributed by atoms with Gasteiger partial charge >= 0.3 is 0 Å². The molecule has 0 saturated carbocycles. The molecule has 5 heteroatoms. The minimum absolute atomic E-state index is 0.140. The van der Waals surface area contributed by atoms with E-state index in [0.717, 1.165) is 49.9 Å². The summed E-state index contributed by atoms with van der Waals surface area (Å²) >= 11 is 5.97. The first-order chi connectivity index (χ1) is 11.7. The van der Waals surface area contributed by atoms with Crippen LogP contribution in [0.2, 0.25) is 5.02 Å². The molecule has 2 saturated heterocycles. The minimum Gasteiger partial charge on any atom is -0.380 e. The van der Waals surface area contributed by atoms with Crippen LogP contribution in [0.1, 0.15) is 31.2 Å². The van der Waals surface area contributed by atoms with Crippen LogP contribution in [-0.2, 0) is 16.0 Å². The third kappa shape index (κ3) is 5.20. The van der Waals surface area contributed by atoms with E-state index in [9.17, 15) is 4.79 Å². The molecule has 1 atom stereocenters. The molecule has 1 aromatic carbocycles. The largest absolute Gasteiger partial charge is 0.380 e. The highest BCUT2D eigenvalue weighted by Gasteiger charge is 2.27. The number of nitrogens with one attached hydrogen (secondary N) is 1. The predicted molar refractivity (Wildman–Crippen MR) is 96.3 cm³/mol. The maximum Gasteiger partial charge on any atom is 0.220 e. The highest BCUT2D eigenvalue weighted by molar-refractivity contribution is 6.30. The third-order valence-electron chi connectivity index (χ3n) is 5.19. The molecule has 2 aliphatic rings. The van der Waals surface area contributed by atoms with Crippen LogP contribution in [0, 0.1) is 5.92 Å². The van der Waals surface area contributed by atoms with Crippen LogP contribution in [0.15, 0.2) is 24.3 Å². The van der Waals surface area contributed by atoms with Gasteiger partial charge in [-0.05, 0) is 62.4 Å². The summed E-state index contributed by atoms with van der Waals surface area (Å²) in [5.74, 6) is 0.750. The molecule has 0 unspecified atom stereocenters. The van der Waals surface area contributed by atoms with Gasteiger partial charge in [0.05, 0.1) is 6.61 Å². The molecule has 24 heavy (non-hydrogen) atoms. The average molecular weight is 351 g/mol. The lowest BCUT2D eigenvalue weighted by molar-refractivity contribution is -0.121. The topological polar surface area (TPSA) is 41.6 Å². The number of likely N-dealkylation sites (tertiary alicyclic amines) is 1. The minimum atomic E-state index is 0.140. The van der Waals surface area contributed by atoms with Gasteiger partial charge < -0.3 is 10.1 Å². The molecular formula is C19H27ClN2O2. The Hall–Kier alpha value is -1.10. The van der Waals surface area contributed by atoms with Crippen LogP contribution in [0.25, 0.3) is 0 Å². The van der Waals surface area contributed by atoms with E-state index < -0.39 is 0 Å². The Balaban J connectivity index is 1.32. The molecule has 4 nitrogen and oxygen atoms in total. The fraction of sp³-hybridized carbons (Fsp3) is 0.632. The maximum atomic E-state index is 12.0. The standard InChI is InChI=1S/C19H27ClN2O2/c20-17-3-1-2-15(12-17)4-5-19(23)21-13-16-6-9-22(10-7-16)18-8-11-24-14-18/h1-3,12,16,18H,4-11,13-14H2,(H,21,23)/t18-/m0/s1. The Morgan fingerprint density at radius 1 is 1.29 bits per heavy atom. The van der Waals surface area contributed by atoms with Gasteiger partial charge in [-0.1, -0.05) is 23.7 Å². The number of rotatable bonds is 6. The summed E-state index contributed by atoms with van der Waals surface area (Å²) in [5.41, 5.74) is 1.12. The van der Waals surface area contributed by atoms with Crippen LogP contribution in [-0.4, -0.2) is 49.7 Å². The second-order valence-corrected chi connectivity index (χ2v) is 7.37. The van der Waals surface area contributed by atoms with E-state index in [0.29, 0.717) is 18.4 Å². The molecule has 0 aromatic heterocycles. The molecule has 0 bridgehead atoms. The SMILES string of the molecule is O=C(CCc1cccc(Cl)c1)NCC1CCN([C@H]2CCOC2)CC1. The van der Waals surface area contributed by atoms with Gasteiger partial charge in [-0.2, -0.15) is 0 Å². The number of piperidine rings is 1. The highest BCUT2D eigenvalue weighted by atomic mass is 35.5. The van der Waals surface area contributed by atoms with Crippen molar-refractivity contribution in [2.75, 3.05) is 32.8 Å². The number of benzene rings is 1. The Kier molecular flexibility index (Phi) is 6.52. The van der Waals surface area contributed by atoms with Crippen molar-refractivity contribution in [1.29, 1.82) is 0 Å². The van der Waals surface area contributed by atoms with Crippen LogP contribution in [0.4, 0.5) is 0 Å².